The van der Waals surface area contributed by atoms with E-state index in [1.165, 1.54) is 0 Å². The number of likely N-dealkylation sites (tertiary alicyclic amines) is 1. The van der Waals surface area contributed by atoms with Crippen molar-refractivity contribution in [3.05, 3.63) is 35.3 Å². The topological polar surface area (TPSA) is 164 Å². The highest BCUT2D eigenvalue weighted by Crippen LogP contribution is 2.45. The van der Waals surface area contributed by atoms with E-state index in [0.717, 1.165) is 50.9 Å². The molecule has 2 aromatic rings. The van der Waals surface area contributed by atoms with E-state index in [1.54, 1.807) is 17.0 Å². The van der Waals surface area contributed by atoms with Crippen LogP contribution in [0.3, 0.4) is 0 Å². The molecule has 1 saturated carbocycles. The number of nitrogens with zero attached hydrogens (tertiary/aromatic N) is 6. The summed E-state index contributed by atoms with van der Waals surface area (Å²) in [6.07, 6.45) is 4.15. The van der Waals surface area contributed by atoms with Gasteiger partial charge in [-0.25, -0.2) is 4.98 Å². The molecule has 0 atom stereocenters. The van der Waals surface area contributed by atoms with E-state index >= 15 is 0 Å². The molecular formula is C24H28N8O3. The standard InChI is InChI=1S/C24H28N8O3/c25-13-24(6-7-24)14-35-23-29-18(22(34)32-8-1-9-32)12-19(30-23)31-10-4-15(5-11-31)17-3-2-16(26)20(28-17)21(27)33/h2-3,12,15H,1,4-11,14,26H2,(H2,27,33). The molecule has 0 spiro atoms. The number of nitrogen functional groups attached to an aromatic ring is 1. The van der Waals surface area contributed by atoms with Crippen LogP contribution in [-0.2, 0) is 0 Å². The van der Waals surface area contributed by atoms with E-state index in [0.29, 0.717) is 24.6 Å². The molecule has 182 valence electrons. The summed E-state index contributed by atoms with van der Waals surface area (Å²) >= 11 is 0. The highest BCUT2D eigenvalue weighted by Gasteiger charge is 2.44. The first-order chi connectivity index (χ1) is 16.9. The summed E-state index contributed by atoms with van der Waals surface area (Å²) < 4.78 is 5.81. The fourth-order valence-corrected chi connectivity index (χ4v) is 4.39. The molecule has 35 heavy (non-hydrogen) atoms. The first-order valence-corrected chi connectivity index (χ1v) is 11.9. The average molecular weight is 477 g/mol. The smallest absolute Gasteiger partial charge is 0.319 e. The number of hydrogen-bond donors (Lipinski definition) is 2. The minimum Gasteiger partial charge on any atom is -0.462 e. The van der Waals surface area contributed by atoms with E-state index in [9.17, 15) is 14.9 Å². The summed E-state index contributed by atoms with van der Waals surface area (Å²) in [5, 5.41) is 9.35. The second kappa shape index (κ2) is 9.02. The number of nitrogens with two attached hydrogens (primary N) is 2. The summed E-state index contributed by atoms with van der Waals surface area (Å²) in [5.74, 6) is 0.00227. The predicted molar refractivity (Wildman–Crippen MR) is 127 cm³/mol. The van der Waals surface area contributed by atoms with Crippen LogP contribution in [0.1, 0.15) is 64.7 Å². The Kier molecular flexibility index (Phi) is 5.88. The fourth-order valence-electron chi connectivity index (χ4n) is 4.39. The van der Waals surface area contributed by atoms with Crippen molar-refractivity contribution in [2.75, 3.05) is 43.4 Å². The normalized spacial score (nSPS) is 18.9. The van der Waals surface area contributed by atoms with Gasteiger partial charge in [-0.15, -0.1) is 0 Å². The Bertz CT molecular complexity index is 1190. The van der Waals surface area contributed by atoms with Crippen molar-refractivity contribution < 1.29 is 14.3 Å². The van der Waals surface area contributed by atoms with Gasteiger partial charge in [-0.1, -0.05) is 0 Å². The second-order valence-electron chi connectivity index (χ2n) is 9.52. The SMILES string of the molecule is N#CC1(COc2nc(C(=O)N3CCC3)cc(N3CCC(c4ccc(N)c(C(N)=O)n4)CC3)n2)CC1. The van der Waals surface area contributed by atoms with E-state index in [1.807, 2.05) is 6.07 Å². The van der Waals surface area contributed by atoms with Crippen LogP contribution in [0.15, 0.2) is 18.2 Å². The maximum atomic E-state index is 12.9. The molecule has 0 unspecified atom stereocenters. The Hall–Kier alpha value is -3.94. The molecule has 0 radical (unpaired) electrons. The Morgan fingerprint density at radius 3 is 2.49 bits per heavy atom. The summed E-state index contributed by atoms with van der Waals surface area (Å²) in [5.41, 5.74) is 12.2. The largest absolute Gasteiger partial charge is 0.462 e. The molecule has 11 heteroatoms. The van der Waals surface area contributed by atoms with Gasteiger partial charge in [0.15, 0.2) is 5.69 Å². The van der Waals surface area contributed by atoms with Gasteiger partial charge in [0.25, 0.3) is 11.8 Å². The highest BCUT2D eigenvalue weighted by molar-refractivity contribution is 5.96. The summed E-state index contributed by atoms with van der Waals surface area (Å²) in [7, 11) is 0. The third-order valence-electron chi connectivity index (χ3n) is 7.04. The highest BCUT2D eigenvalue weighted by atomic mass is 16.5. The Morgan fingerprint density at radius 1 is 1.14 bits per heavy atom. The van der Waals surface area contributed by atoms with Gasteiger partial charge in [-0.2, -0.15) is 15.2 Å². The quantitative estimate of drug-likeness (QED) is 0.602. The number of amides is 2. The van der Waals surface area contributed by atoms with E-state index in [4.69, 9.17) is 16.2 Å². The predicted octanol–water partition coefficient (Wildman–Crippen LogP) is 1.47. The number of primary amides is 1. The van der Waals surface area contributed by atoms with E-state index < -0.39 is 11.3 Å². The minimum absolute atomic E-state index is 0.0995. The average Bonchev–Trinajstić information content (AvgIpc) is 3.62. The number of ether oxygens (including phenoxy) is 1. The van der Waals surface area contributed by atoms with Crippen LogP contribution in [-0.4, -0.2) is 64.5 Å². The number of anilines is 2. The zero-order chi connectivity index (χ0) is 24.6. The maximum absolute atomic E-state index is 12.9. The van der Waals surface area contributed by atoms with Crippen molar-refractivity contribution in [2.45, 2.75) is 38.0 Å². The summed E-state index contributed by atoms with van der Waals surface area (Å²) in [4.78, 5) is 41.7. The molecule has 2 aromatic heterocycles. The molecule has 11 nitrogen and oxygen atoms in total. The molecule has 4 heterocycles. The third kappa shape index (κ3) is 4.69. The van der Waals surface area contributed by atoms with Crippen molar-refractivity contribution in [3.63, 3.8) is 0 Å². The van der Waals surface area contributed by atoms with E-state index in [-0.39, 0.29) is 35.8 Å². The molecule has 3 aliphatic rings. The third-order valence-corrected chi connectivity index (χ3v) is 7.04. The van der Waals surface area contributed by atoms with Crippen molar-refractivity contribution in [2.24, 2.45) is 11.1 Å². The molecule has 5 rings (SSSR count). The number of rotatable bonds is 7. The molecule has 0 aromatic carbocycles. The van der Waals surface area contributed by atoms with Crippen molar-refractivity contribution in [1.29, 1.82) is 5.26 Å². The lowest BCUT2D eigenvalue weighted by molar-refractivity contribution is 0.0643. The van der Waals surface area contributed by atoms with Gasteiger partial charge >= 0.3 is 6.01 Å². The Labute approximate surface area is 203 Å². The van der Waals surface area contributed by atoms with Crippen molar-refractivity contribution >= 4 is 23.3 Å². The minimum atomic E-state index is -0.640. The van der Waals surface area contributed by atoms with Gasteiger partial charge < -0.3 is 26.0 Å². The monoisotopic (exact) mass is 476 g/mol. The first kappa shape index (κ1) is 22.8. The van der Waals surface area contributed by atoms with Crippen molar-refractivity contribution in [1.82, 2.24) is 19.9 Å². The summed E-state index contributed by atoms with van der Waals surface area (Å²) in [6, 6.07) is 7.66. The van der Waals surface area contributed by atoms with Crippen LogP contribution < -0.4 is 21.1 Å². The number of aromatic nitrogens is 3. The van der Waals surface area contributed by atoms with Gasteiger partial charge in [0.05, 0.1) is 17.2 Å². The summed E-state index contributed by atoms with van der Waals surface area (Å²) in [6.45, 7) is 3.02. The molecule has 1 aliphatic carbocycles. The number of nitriles is 1. The van der Waals surface area contributed by atoms with Gasteiger partial charge in [-0.3, -0.25) is 9.59 Å². The molecule has 2 amide bonds. The lowest BCUT2D eigenvalue weighted by Gasteiger charge is -2.33. The van der Waals surface area contributed by atoms with Crippen LogP contribution in [0.2, 0.25) is 0 Å². The Balaban J connectivity index is 1.33. The molecule has 2 saturated heterocycles. The molecular weight excluding hydrogens is 448 g/mol. The van der Waals surface area contributed by atoms with Gasteiger partial charge in [0.2, 0.25) is 0 Å². The molecule has 2 aliphatic heterocycles. The lowest BCUT2D eigenvalue weighted by Crippen LogP contribution is -2.42. The fraction of sp³-hybridized carbons (Fsp3) is 0.500. The van der Waals surface area contributed by atoms with Crippen molar-refractivity contribution in [3.8, 4) is 12.1 Å². The molecule has 4 N–H and O–H groups in total. The van der Waals surface area contributed by atoms with Crippen LogP contribution in [0.5, 0.6) is 6.01 Å². The van der Waals surface area contributed by atoms with Gasteiger partial charge in [0, 0.05) is 43.9 Å². The number of hydrogen-bond acceptors (Lipinski definition) is 9. The maximum Gasteiger partial charge on any atom is 0.319 e. The Morgan fingerprint density at radius 2 is 1.89 bits per heavy atom. The molecule has 3 fully saturated rings. The van der Waals surface area contributed by atoms with Crippen LogP contribution in [0.4, 0.5) is 11.5 Å². The zero-order valence-electron chi connectivity index (χ0n) is 19.4. The molecule has 0 bridgehead atoms. The van der Waals surface area contributed by atoms with Crippen LogP contribution in [0.25, 0.3) is 0 Å². The van der Waals surface area contributed by atoms with E-state index in [2.05, 4.69) is 25.9 Å². The number of carbonyl (C=O) groups excluding carboxylic acids is 2. The first-order valence-electron chi connectivity index (χ1n) is 11.9. The van der Waals surface area contributed by atoms with Gasteiger partial charge in [0.1, 0.15) is 18.1 Å². The lowest BCUT2D eigenvalue weighted by atomic mass is 9.92. The van der Waals surface area contributed by atoms with Crippen LogP contribution in [0, 0.1) is 16.7 Å². The second-order valence-corrected chi connectivity index (χ2v) is 9.52. The van der Waals surface area contributed by atoms with Crippen LogP contribution >= 0.6 is 0 Å². The zero-order valence-corrected chi connectivity index (χ0v) is 19.4. The van der Waals surface area contributed by atoms with Gasteiger partial charge in [-0.05, 0) is 44.2 Å². The number of pyridine rings is 1. The number of piperidine rings is 1. The number of carbonyl (C=O) groups is 2.